The predicted molar refractivity (Wildman–Crippen MR) is 123 cm³/mol. The van der Waals surface area contributed by atoms with E-state index in [1.54, 1.807) is 6.20 Å². The van der Waals surface area contributed by atoms with Gasteiger partial charge in [-0.05, 0) is 84.2 Å². The van der Waals surface area contributed by atoms with Crippen LogP contribution in [-0.2, 0) is 11.8 Å². The molecule has 0 fully saturated rings. The maximum atomic E-state index is 12.6. The Hall–Kier alpha value is -1.41. The Morgan fingerprint density at radius 2 is 1.89 bits per heavy atom. The molecule has 27 heavy (non-hydrogen) atoms. The molecule has 4 aromatic rings. The van der Waals surface area contributed by atoms with Gasteiger partial charge in [-0.3, -0.25) is 4.79 Å². The van der Waals surface area contributed by atoms with Crippen LogP contribution < -0.4 is 11.3 Å². The number of aromatic nitrogens is 2. The van der Waals surface area contributed by atoms with Gasteiger partial charge >= 0.3 is 0 Å². The quantitative estimate of drug-likeness (QED) is 0.227. The Labute approximate surface area is 180 Å². The van der Waals surface area contributed by atoms with E-state index in [2.05, 4.69) is 82.0 Å². The average Bonchev–Trinajstić information content (AvgIpc) is 2.95. The summed E-state index contributed by atoms with van der Waals surface area (Å²) in [5.74, 6) is 0. The molecule has 2 aromatic heterocycles. The lowest BCUT2D eigenvalue weighted by atomic mass is 9.94. The molecule has 7 heteroatoms. The van der Waals surface area contributed by atoms with E-state index in [1.165, 1.54) is 0 Å². The number of hydrogen-bond donors (Lipinski definition) is 3. The minimum atomic E-state index is -0.0801. The summed E-state index contributed by atoms with van der Waals surface area (Å²) in [6.45, 7) is 0.565. The van der Waals surface area contributed by atoms with Crippen molar-refractivity contribution < 1.29 is 0 Å². The minimum absolute atomic E-state index is 0.0801. The summed E-state index contributed by atoms with van der Waals surface area (Å²) in [5.41, 5.74) is 10.1. The highest BCUT2D eigenvalue weighted by Crippen LogP contribution is 2.38. The molecule has 4 rings (SSSR count). The molecule has 0 unspecified atom stereocenters. The summed E-state index contributed by atoms with van der Waals surface area (Å²) in [7, 11) is 0. The van der Waals surface area contributed by atoms with Crippen molar-refractivity contribution in [3.63, 3.8) is 0 Å². The lowest BCUT2D eigenvalue weighted by molar-refractivity contribution is 0.979. The molecule has 0 aliphatic heterocycles. The van der Waals surface area contributed by atoms with Crippen molar-refractivity contribution in [2.75, 3.05) is 6.54 Å². The van der Waals surface area contributed by atoms with E-state index >= 15 is 0 Å². The van der Waals surface area contributed by atoms with Gasteiger partial charge in [0.2, 0.25) is 0 Å². The molecule has 0 amide bonds. The summed E-state index contributed by atoms with van der Waals surface area (Å²) in [5, 5.41) is 4.36. The van der Waals surface area contributed by atoms with Crippen LogP contribution in [0, 0.1) is 0 Å². The zero-order valence-electron chi connectivity index (χ0n) is 14.2. The van der Waals surface area contributed by atoms with E-state index in [4.69, 9.17) is 5.73 Å². The first-order valence-electron chi connectivity index (χ1n) is 8.44. The maximum absolute atomic E-state index is 12.6. The normalized spacial score (nSPS) is 11.6. The van der Waals surface area contributed by atoms with Gasteiger partial charge in [0, 0.05) is 17.1 Å². The van der Waals surface area contributed by atoms with Gasteiger partial charge < -0.3 is 15.7 Å². The van der Waals surface area contributed by atoms with Crippen molar-refractivity contribution in [3.05, 3.63) is 67.1 Å². The number of hydrogen-bond acceptors (Lipinski definition) is 2. The number of nitrogens with one attached hydrogen (secondary N) is 2. The third kappa shape index (κ3) is 3.20. The monoisotopic (exact) mass is 551 g/mol. The van der Waals surface area contributed by atoms with Crippen LogP contribution >= 0.6 is 47.8 Å². The van der Waals surface area contributed by atoms with Crippen molar-refractivity contribution in [3.8, 4) is 11.3 Å². The van der Waals surface area contributed by atoms with Gasteiger partial charge in [0.05, 0.1) is 20.2 Å². The molecular weight excluding hydrogens is 538 g/mol. The molecule has 2 aromatic carbocycles. The highest BCUT2D eigenvalue weighted by Gasteiger charge is 2.16. The summed E-state index contributed by atoms with van der Waals surface area (Å²) >= 11 is 10.7. The molecule has 0 aliphatic carbocycles. The van der Waals surface area contributed by atoms with E-state index in [0.717, 1.165) is 54.0 Å². The molecule has 0 atom stereocenters. The second-order valence-electron chi connectivity index (χ2n) is 6.35. The second-order valence-corrected chi connectivity index (χ2v) is 8.49. The van der Waals surface area contributed by atoms with E-state index in [9.17, 15) is 4.79 Å². The first-order valence-corrected chi connectivity index (χ1v) is 11.1. The molecule has 4 N–H and O–H groups in total. The molecule has 0 radical (unpaired) electrons. The number of halogens is 3. The highest BCUT2D eigenvalue weighted by atomic mass is 79.9. The van der Waals surface area contributed by atoms with E-state index in [0.29, 0.717) is 17.3 Å². The number of benzene rings is 2. The Morgan fingerprint density at radius 1 is 1.07 bits per heavy atom. The van der Waals surface area contributed by atoms with Crippen LogP contribution in [0.1, 0.15) is 11.1 Å². The fourth-order valence-corrected chi connectivity index (χ4v) is 5.37. The van der Waals surface area contributed by atoms with Crippen molar-refractivity contribution in [1.29, 1.82) is 0 Å². The minimum Gasteiger partial charge on any atom is -0.348 e. The molecule has 4 nitrogen and oxygen atoms in total. The van der Waals surface area contributed by atoms with Gasteiger partial charge in [0.15, 0.2) is 0 Å². The molecular formula is C20H16Br3N3O. The van der Waals surface area contributed by atoms with Crippen LogP contribution in [0.25, 0.3) is 32.8 Å². The first-order chi connectivity index (χ1) is 13.0. The summed E-state index contributed by atoms with van der Waals surface area (Å²) < 4.78 is 1.89. The van der Waals surface area contributed by atoms with Gasteiger partial charge in [-0.25, -0.2) is 0 Å². The smallest absolute Gasteiger partial charge is 0.256 e. The molecule has 0 aliphatic rings. The van der Waals surface area contributed by atoms with Crippen molar-refractivity contribution in [2.24, 2.45) is 5.73 Å². The lowest BCUT2D eigenvalue weighted by Crippen LogP contribution is -2.08. The van der Waals surface area contributed by atoms with Crippen LogP contribution in [0.4, 0.5) is 0 Å². The number of rotatable bonds is 4. The fraction of sp³-hybridized carbons (Fsp3) is 0.150. The van der Waals surface area contributed by atoms with Crippen LogP contribution in [0.2, 0.25) is 0 Å². The average molecular weight is 554 g/mol. The predicted octanol–water partition coefficient (Wildman–Crippen LogP) is 5.60. The molecule has 138 valence electrons. The third-order valence-corrected chi connectivity index (χ3v) is 7.35. The lowest BCUT2D eigenvalue weighted by Gasteiger charge is -2.11. The number of nitrogens with two attached hydrogens (primary N) is 1. The van der Waals surface area contributed by atoms with Gasteiger partial charge in [-0.15, -0.1) is 0 Å². The van der Waals surface area contributed by atoms with Gasteiger partial charge in [-0.1, -0.05) is 34.1 Å². The Balaban J connectivity index is 2.09. The van der Waals surface area contributed by atoms with Crippen molar-refractivity contribution in [1.82, 2.24) is 9.97 Å². The number of fused-ring (bicyclic) bond motifs is 3. The SMILES string of the molecule is NCCc1cc2cc[nH]c(=O)c2c2cc(-c3[nH]c(Br)c(Br)c3CBr)ccc12. The van der Waals surface area contributed by atoms with Crippen LogP contribution in [-0.4, -0.2) is 16.5 Å². The van der Waals surface area contributed by atoms with E-state index in [-0.39, 0.29) is 5.56 Å². The van der Waals surface area contributed by atoms with Gasteiger partial charge in [-0.2, -0.15) is 0 Å². The summed E-state index contributed by atoms with van der Waals surface area (Å²) in [6.07, 6.45) is 2.46. The molecule has 2 heterocycles. The van der Waals surface area contributed by atoms with Crippen molar-refractivity contribution >= 4 is 69.3 Å². The van der Waals surface area contributed by atoms with Gasteiger partial charge in [0.1, 0.15) is 0 Å². The first kappa shape index (κ1) is 18.9. The topological polar surface area (TPSA) is 74.7 Å². The number of aromatic amines is 2. The summed E-state index contributed by atoms with van der Waals surface area (Å²) in [4.78, 5) is 18.8. The van der Waals surface area contributed by atoms with Gasteiger partial charge in [0.25, 0.3) is 5.56 Å². The molecule has 0 saturated carbocycles. The molecule has 0 saturated heterocycles. The number of H-pyrrole nitrogens is 2. The standard InChI is InChI=1S/C20H16Br3N3O/c21-9-15-17(22)19(23)26-18(15)12-1-2-13-10(3-5-24)7-11-4-6-25-20(27)16(11)14(13)8-12/h1-2,4,6-8,26H,3,5,9,24H2,(H,25,27). The largest absolute Gasteiger partial charge is 0.348 e. The highest BCUT2D eigenvalue weighted by molar-refractivity contribution is 9.13. The molecule has 0 spiro atoms. The van der Waals surface area contributed by atoms with E-state index < -0.39 is 0 Å². The Bertz CT molecular complexity index is 1230. The van der Waals surface area contributed by atoms with Crippen molar-refractivity contribution in [2.45, 2.75) is 11.8 Å². The van der Waals surface area contributed by atoms with Crippen LogP contribution in [0.3, 0.4) is 0 Å². The zero-order chi connectivity index (χ0) is 19.1. The molecule has 0 bridgehead atoms. The van der Waals surface area contributed by atoms with Crippen LogP contribution in [0.15, 0.2) is 50.4 Å². The fourth-order valence-electron chi connectivity index (χ4n) is 3.56. The second kappa shape index (κ2) is 7.54. The Kier molecular flexibility index (Phi) is 5.29. The number of alkyl halides is 1. The summed E-state index contributed by atoms with van der Waals surface area (Å²) in [6, 6.07) is 10.3. The number of pyridine rings is 1. The maximum Gasteiger partial charge on any atom is 0.256 e. The van der Waals surface area contributed by atoms with E-state index in [1.807, 2.05) is 6.07 Å². The third-order valence-electron chi connectivity index (χ3n) is 4.79. The van der Waals surface area contributed by atoms with Crippen LogP contribution in [0.5, 0.6) is 0 Å². The zero-order valence-corrected chi connectivity index (χ0v) is 19.0. The Morgan fingerprint density at radius 3 is 2.63 bits per heavy atom.